The molecule has 3 aromatic rings. The largest absolute Gasteiger partial charge is 0.496 e. The van der Waals surface area contributed by atoms with Crippen molar-refractivity contribution in [1.29, 1.82) is 0 Å². The highest BCUT2D eigenvalue weighted by molar-refractivity contribution is 6.09. The van der Waals surface area contributed by atoms with Gasteiger partial charge in [-0.2, -0.15) is 0 Å². The fourth-order valence-corrected chi connectivity index (χ4v) is 3.80. The molecule has 188 valence electrons. The van der Waals surface area contributed by atoms with E-state index in [1.807, 2.05) is 64.5 Å². The van der Waals surface area contributed by atoms with Crippen molar-refractivity contribution < 1.29 is 14.3 Å². The number of benzene rings is 2. The Morgan fingerprint density at radius 3 is 2.39 bits per heavy atom. The first kappa shape index (κ1) is 26.6. The summed E-state index contributed by atoms with van der Waals surface area (Å²) in [6, 6.07) is 14.9. The van der Waals surface area contributed by atoms with E-state index >= 15 is 0 Å². The van der Waals surface area contributed by atoms with Crippen LogP contribution in [0.25, 0.3) is 0 Å². The van der Waals surface area contributed by atoms with Crippen LogP contribution < -0.4 is 15.0 Å². The third kappa shape index (κ3) is 6.79. The molecular weight excluding hydrogens is 452 g/mol. The van der Waals surface area contributed by atoms with Gasteiger partial charge in [0.15, 0.2) is 5.78 Å². The standard InChI is InChI=1S/C29H34N4O3/c1-7-28(34)31-25-18-23(27(36-6)19-26(25)33(5)15-14-32(3)4)17-24-16-22(12-13-30-24)29(35)21-10-8-20(2)9-11-21/h7-13,16,18-19H,1,14-15,17H2,2-6H3,(H,31,34). The molecule has 3 rings (SSSR count). The molecule has 7 nitrogen and oxygen atoms in total. The average molecular weight is 487 g/mol. The molecule has 2 aromatic carbocycles. The van der Waals surface area contributed by atoms with Crippen LogP contribution in [0.15, 0.2) is 67.4 Å². The number of anilines is 2. The summed E-state index contributed by atoms with van der Waals surface area (Å²) in [4.78, 5) is 33.8. The van der Waals surface area contributed by atoms with Crippen molar-refractivity contribution >= 4 is 23.1 Å². The molecule has 1 aromatic heterocycles. The molecule has 0 aliphatic heterocycles. The van der Waals surface area contributed by atoms with Crippen LogP contribution in [0.2, 0.25) is 0 Å². The van der Waals surface area contributed by atoms with E-state index in [0.29, 0.717) is 29.0 Å². The van der Waals surface area contributed by atoms with Gasteiger partial charge >= 0.3 is 0 Å². The van der Waals surface area contributed by atoms with Gasteiger partial charge in [-0.25, -0.2) is 0 Å². The highest BCUT2D eigenvalue weighted by atomic mass is 16.5. The average Bonchev–Trinajstić information content (AvgIpc) is 2.87. The number of aromatic nitrogens is 1. The summed E-state index contributed by atoms with van der Waals surface area (Å²) in [6.45, 7) is 7.17. The molecule has 0 unspecified atom stereocenters. The number of ether oxygens (including phenoxy) is 1. The molecule has 0 spiro atoms. The van der Waals surface area contributed by atoms with E-state index in [4.69, 9.17) is 4.74 Å². The van der Waals surface area contributed by atoms with Gasteiger partial charge in [0.25, 0.3) is 0 Å². The second-order valence-corrected chi connectivity index (χ2v) is 9.01. The summed E-state index contributed by atoms with van der Waals surface area (Å²) in [6.07, 6.45) is 3.32. The van der Waals surface area contributed by atoms with Gasteiger partial charge in [-0.15, -0.1) is 0 Å². The lowest BCUT2D eigenvalue weighted by Crippen LogP contribution is -2.29. The molecule has 0 saturated heterocycles. The second-order valence-electron chi connectivity index (χ2n) is 9.01. The number of carbonyl (C=O) groups is 2. The predicted molar refractivity (Wildman–Crippen MR) is 145 cm³/mol. The highest BCUT2D eigenvalue weighted by Crippen LogP contribution is 2.34. The molecule has 1 heterocycles. The van der Waals surface area contributed by atoms with E-state index in [1.165, 1.54) is 6.08 Å². The Hall–Kier alpha value is -3.97. The zero-order chi connectivity index (χ0) is 26.2. The Morgan fingerprint density at radius 2 is 1.75 bits per heavy atom. The lowest BCUT2D eigenvalue weighted by molar-refractivity contribution is -0.111. The van der Waals surface area contributed by atoms with Crippen LogP contribution in [0.1, 0.15) is 32.7 Å². The first-order valence-electron chi connectivity index (χ1n) is 11.8. The van der Waals surface area contributed by atoms with Gasteiger partial charge in [0.2, 0.25) is 5.91 Å². The second kappa shape index (κ2) is 12.1. The van der Waals surface area contributed by atoms with Gasteiger partial charge in [0, 0.05) is 61.2 Å². The fourth-order valence-electron chi connectivity index (χ4n) is 3.80. The quantitative estimate of drug-likeness (QED) is 0.321. The van der Waals surface area contributed by atoms with Crippen LogP contribution in [0.3, 0.4) is 0 Å². The van der Waals surface area contributed by atoms with E-state index in [-0.39, 0.29) is 11.7 Å². The number of nitrogens with one attached hydrogen (secondary N) is 1. The van der Waals surface area contributed by atoms with E-state index < -0.39 is 0 Å². The molecule has 7 heteroatoms. The van der Waals surface area contributed by atoms with E-state index in [1.54, 1.807) is 25.4 Å². The minimum Gasteiger partial charge on any atom is -0.496 e. The molecule has 1 N–H and O–H groups in total. The Kier molecular flexibility index (Phi) is 8.97. The smallest absolute Gasteiger partial charge is 0.247 e. The SMILES string of the molecule is C=CC(=O)Nc1cc(Cc2cc(C(=O)c3ccc(C)cc3)ccn2)c(OC)cc1N(C)CCN(C)C. The van der Waals surface area contributed by atoms with Gasteiger partial charge in [0.1, 0.15) is 5.75 Å². The van der Waals surface area contributed by atoms with E-state index in [0.717, 1.165) is 35.6 Å². The van der Waals surface area contributed by atoms with E-state index in [9.17, 15) is 9.59 Å². The number of rotatable bonds is 11. The number of amides is 1. The highest BCUT2D eigenvalue weighted by Gasteiger charge is 2.17. The molecule has 0 saturated carbocycles. The fraction of sp³-hybridized carbons (Fsp3) is 0.276. The summed E-state index contributed by atoms with van der Waals surface area (Å²) >= 11 is 0. The number of methoxy groups -OCH3 is 1. The molecule has 36 heavy (non-hydrogen) atoms. The van der Waals surface area contributed by atoms with Crippen LogP contribution in [0.5, 0.6) is 5.75 Å². The number of nitrogens with zero attached hydrogens (tertiary/aromatic N) is 3. The molecule has 0 bridgehead atoms. The summed E-state index contributed by atoms with van der Waals surface area (Å²) in [7, 11) is 7.63. The van der Waals surface area contributed by atoms with Gasteiger partial charge in [-0.1, -0.05) is 36.4 Å². The molecule has 0 radical (unpaired) electrons. The zero-order valence-corrected chi connectivity index (χ0v) is 21.7. The van der Waals surface area contributed by atoms with Crippen LogP contribution in [0.4, 0.5) is 11.4 Å². The van der Waals surface area contributed by atoms with Crippen LogP contribution in [-0.2, 0) is 11.2 Å². The maximum atomic E-state index is 13.0. The third-order valence-electron chi connectivity index (χ3n) is 5.90. The lowest BCUT2D eigenvalue weighted by Gasteiger charge is -2.26. The van der Waals surface area contributed by atoms with Crippen molar-refractivity contribution in [2.75, 3.05) is 51.6 Å². The normalized spacial score (nSPS) is 10.7. The molecule has 0 aliphatic carbocycles. The molecule has 0 atom stereocenters. The number of ketones is 1. The summed E-state index contributed by atoms with van der Waals surface area (Å²) in [5.74, 6) is 0.329. The number of carbonyl (C=O) groups excluding carboxylic acids is 2. The topological polar surface area (TPSA) is 74.8 Å². The molecule has 1 amide bonds. The minimum absolute atomic E-state index is 0.0533. The van der Waals surface area contributed by atoms with Crippen molar-refractivity contribution in [3.8, 4) is 5.75 Å². The Balaban J connectivity index is 1.95. The van der Waals surface area contributed by atoms with Gasteiger partial charge in [-0.05, 0) is 45.3 Å². The van der Waals surface area contributed by atoms with Gasteiger partial charge < -0.3 is 19.9 Å². The maximum Gasteiger partial charge on any atom is 0.247 e. The zero-order valence-electron chi connectivity index (χ0n) is 21.7. The van der Waals surface area contributed by atoms with Gasteiger partial charge in [-0.3, -0.25) is 14.6 Å². The monoisotopic (exact) mass is 486 g/mol. The summed E-state index contributed by atoms with van der Waals surface area (Å²) in [5, 5.41) is 2.92. The third-order valence-corrected chi connectivity index (χ3v) is 5.90. The van der Waals surface area contributed by atoms with Crippen molar-refractivity contribution in [2.24, 2.45) is 0 Å². The number of pyridine rings is 1. The summed E-state index contributed by atoms with van der Waals surface area (Å²) < 4.78 is 5.71. The van der Waals surface area contributed by atoms with Crippen LogP contribution in [-0.4, -0.2) is 62.9 Å². The minimum atomic E-state index is -0.294. The van der Waals surface area contributed by atoms with Crippen molar-refractivity contribution in [3.05, 3.63) is 95.3 Å². The van der Waals surface area contributed by atoms with Gasteiger partial charge in [0.05, 0.1) is 18.5 Å². The van der Waals surface area contributed by atoms with E-state index in [2.05, 4.69) is 26.7 Å². The van der Waals surface area contributed by atoms with Crippen LogP contribution in [0, 0.1) is 6.92 Å². The van der Waals surface area contributed by atoms with Crippen molar-refractivity contribution in [3.63, 3.8) is 0 Å². The number of hydrogen-bond donors (Lipinski definition) is 1. The van der Waals surface area contributed by atoms with Crippen molar-refractivity contribution in [1.82, 2.24) is 9.88 Å². The molecular formula is C29H34N4O3. The predicted octanol–water partition coefficient (Wildman–Crippen LogP) is 4.34. The maximum absolute atomic E-state index is 13.0. The number of hydrogen-bond acceptors (Lipinski definition) is 6. The summed E-state index contributed by atoms with van der Waals surface area (Å²) in [5.41, 5.74) is 5.37. The Morgan fingerprint density at radius 1 is 1.03 bits per heavy atom. The first-order chi connectivity index (χ1) is 17.2. The Bertz CT molecular complexity index is 1240. The van der Waals surface area contributed by atoms with Crippen molar-refractivity contribution in [2.45, 2.75) is 13.3 Å². The number of aryl methyl sites for hydroxylation is 1. The molecule has 0 fully saturated rings. The Labute approximate surface area is 213 Å². The number of likely N-dealkylation sites (N-methyl/N-ethyl adjacent to an activating group) is 2. The first-order valence-corrected chi connectivity index (χ1v) is 11.8. The van der Waals surface area contributed by atoms with Crippen LogP contribution >= 0.6 is 0 Å². The molecule has 0 aliphatic rings. The lowest BCUT2D eigenvalue weighted by atomic mass is 10.00.